The third-order valence-electron chi connectivity index (χ3n) is 5.19. The second-order valence-electron chi connectivity index (χ2n) is 6.32. The standard InChI is InChI=1S/C17H18N4O/c22-8-6-11-12-9-20(10-13(11)12)16-5-7-21-15-4-2-1-3-14(15)18-17(21)19-16/h1-5,7,11-13,22H,6,8-10H2/i8D2. The summed E-state index contributed by atoms with van der Waals surface area (Å²) in [5.41, 5.74) is 2.00. The number of hydrogen-bond acceptors (Lipinski definition) is 4. The third-order valence-corrected chi connectivity index (χ3v) is 5.19. The molecule has 1 aliphatic carbocycles. The average Bonchev–Trinajstić information content (AvgIpc) is 2.93. The number of rotatable bonds is 3. The van der Waals surface area contributed by atoms with Gasteiger partial charge in [-0.25, -0.2) is 4.98 Å². The molecule has 2 atom stereocenters. The maximum Gasteiger partial charge on any atom is 0.236 e. The monoisotopic (exact) mass is 296 g/mol. The third kappa shape index (κ3) is 1.69. The molecule has 2 aromatic heterocycles. The van der Waals surface area contributed by atoms with Crippen LogP contribution in [0.4, 0.5) is 5.82 Å². The Hall–Kier alpha value is -2.14. The van der Waals surface area contributed by atoms with E-state index in [0.29, 0.717) is 23.5 Å². The van der Waals surface area contributed by atoms with Gasteiger partial charge in [0.05, 0.1) is 13.8 Å². The van der Waals surface area contributed by atoms with Crippen LogP contribution < -0.4 is 4.90 Å². The molecule has 5 heteroatoms. The van der Waals surface area contributed by atoms with Gasteiger partial charge in [-0.15, -0.1) is 0 Å². The molecule has 3 heterocycles. The number of fused-ring (bicyclic) bond motifs is 4. The highest BCUT2D eigenvalue weighted by Gasteiger charge is 2.55. The number of anilines is 1. The van der Waals surface area contributed by atoms with Gasteiger partial charge in [0, 0.05) is 25.8 Å². The normalized spacial score (nSPS) is 28.8. The van der Waals surface area contributed by atoms with Crippen molar-refractivity contribution in [1.29, 1.82) is 0 Å². The molecule has 1 aromatic carbocycles. The Labute approximate surface area is 131 Å². The number of aliphatic hydroxyl groups is 1. The summed E-state index contributed by atoms with van der Waals surface area (Å²) in [6, 6.07) is 10.0. The van der Waals surface area contributed by atoms with Crippen molar-refractivity contribution in [3.63, 3.8) is 0 Å². The van der Waals surface area contributed by atoms with E-state index in [1.165, 1.54) is 0 Å². The predicted molar refractivity (Wildman–Crippen MR) is 84.9 cm³/mol. The van der Waals surface area contributed by atoms with Gasteiger partial charge >= 0.3 is 0 Å². The Balaban J connectivity index is 1.38. The lowest BCUT2D eigenvalue weighted by Crippen LogP contribution is -2.25. The molecule has 1 saturated carbocycles. The molecule has 0 amide bonds. The molecule has 1 aliphatic heterocycles. The Kier molecular flexibility index (Phi) is 2.13. The topological polar surface area (TPSA) is 53.7 Å². The highest BCUT2D eigenvalue weighted by Crippen LogP contribution is 2.53. The molecule has 5 nitrogen and oxygen atoms in total. The smallest absolute Gasteiger partial charge is 0.236 e. The minimum absolute atomic E-state index is 0.244. The van der Waals surface area contributed by atoms with Crippen LogP contribution in [0.3, 0.4) is 0 Å². The van der Waals surface area contributed by atoms with Crippen LogP contribution in [-0.4, -0.2) is 39.1 Å². The predicted octanol–water partition coefficient (Wildman–Crippen LogP) is 1.95. The summed E-state index contributed by atoms with van der Waals surface area (Å²) in [6.45, 7) is -0.281. The summed E-state index contributed by atoms with van der Waals surface area (Å²) in [5.74, 6) is 2.89. The van der Waals surface area contributed by atoms with Gasteiger partial charge in [0.25, 0.3) is 0 Å². The van der Waals surface area contributed by atoms with E-state index in [-0.39, 0.29) is 6.42 Å². The van der Waals surface area contributed by atoms with Crippen LogP contribution in [0, 0.1) is 17.8 Å². The maximum atomic E-state index is 9.35. The van der Waals surface area contributed by atoms with E-state index < -0.39 is 6.56 Å². The second-order valence-corrected chi connectivity index (χ2v) is 6.32. The molecule has 1 N–H and O–H groups in total. The highest BCUT2D eigenvalue weighted by atomic mass is 16.3. The van der Waals surface area contributed by atoms with Gasteiger partial charge in [-0.3, -0.25) is 4.40 Å². The number of benzene rings is 1. The van der Waals surface area contributed by atoms with Gasteiger partial charge in [0.2, 0.25) is 5.78 Å². The first-order chi connectivity index (χ1) is 11.5. The minimum Gasteiger partial charge on any atom is -0.396 e. The van der Waals surface area contributed by atoms with Gasteiger partial charge in [-0.1, -0.05) is 12.1 Å². The van der Waals surface area contributed by atoms with E-state index in [2.05, 4.69) is 9.88 Å². The molecule has 2 aliphatic rings. The highest BCUT2D eigenvalue weighted by molar-refractivity contribution is 5.79. The van der Waals surface area contributed by atoms with E-state index in [1.807, 2.05) is 40.9 Å². The number of aromatic nitrogens is 3. The fourth-order valence-electron chi connectivity index (χ4n) is 3.96. The van der Waals surface area contributed by atoms with E-state index in [4.69, 9.17) is 7.73 Å². The molecule has 0 radical (unpaired) electrons. The summed E-state index contributed by atoms with van der Waals surface area (Å²) in [7, 11) is 0. The fourth-order valence-corrected chi connectivity index (χ4v) is 3.96. The second kappa shape index (κ2) is 4.43. The van der Waals surface area contributed by atoms with Crippen LogP contribution >= 0.6 is 0 Å². The largest absolute Gasteiger partial charge is 0.396 e. The van der Waals surface area contributed by atoms with Crippen molar-refractivity contribution in [2.24, 2.45) is 17.8 Å². The number of hydrogen-bond donors (Lipinski definition) is 1. The molecular formula is C17H18N4O. The fraction of sp³-hybridized carbons (Fsp3) is 0.412. The van der Waals surface area contributed by atoms with Gasteiger partial charge in [-0.05, 0) is 42.4 Å². The summed E-state index contributed by atoms with van der Waals surface area (Å²) >= 11 is 0. The van der Waals surface area contributed by atoms with Crippen LogP contribution in [-0.2, 0) is 0 Å². The van der Waals surface area contributed by atoms with Crippen LogP contribution in [0.2, 0.25) is 0 Å². The van der Waals surface area contributed by atoms with Crippen molar-refractivity contribution < 1.29 is 7.85 Å². The Bertz CT molecular complexity index is 923. The number of para-hydroxylation sites is 2. The zero-order valence-corrected chi connectivity index (χ0v) is 12.1. The van der Waals surface area contributed by atoms with Crippen molar-refractivity contribution in [2.45, 2.75) is 6.42 Å². The molecule has 1 saturated heterocycles. The van der Waals surface area contributed by atoms with Crippen LogP contribution in [0.5, 0.6) is 0 Å². The number of imidazole rings is 1. The molecule has 22 heavy (non-hydrogen) atoms. The van der Waals surface area contributed by atoms with E-state index in [1.54, 1.807) is 0 Å². The Morgan fingerprint density at radius 2 is 2.00 bits per heavy atom. The molecule has 2 unspecified atom stereocenters. The van der Waals surface area contributed by atoms with Gasteiger partial charge < -0.3 is 10.0 Å². The molecule has 112 valence electrons. The first-order valence-electron chi connectivity index (χ1n) is 8.71. The first kappa shape index (κ1) is 10.6. The average molecular weight is 296 g/mol. The van der Waals surface area contributed by atoms with Crippen molar-refractivity contribution in [3.8, 4) is 0 Å². The van der Waals surface area contributed by atoms with E-state index in [0.717, 1.165) is 29.9 Å². The van der Waals surface area contributed by atoms with Crippen LogP contribution in [0.15, 0.2) is 36.5 Å². The molecule has 3 aromatic rings. The quantitative estimate of drug-likeness (QED) is 0.802. The number of nitrogens with zero attached hydrogens (tertiary/aromatic N) is 4. The van der Waals surface area contributed by atoms with Crippen molar-refractivity contribution in [2.75, 3.05) is 24.5 Å². The van der Waals surface area contributed by atoms with Gasteiger partial charge in [-0.2, -0.15) is 4.98 Å². The molecule has 5 rings (SSSR count). The number of piperidine rings is 1. The zero-order valence-electron chi connectivity index (χ0n) is 14.1. The summed E-state index contributed by atoms with van der Waals surface area (Å²) in [5, 5.41) is 9.35. The van der Waals surface area contributed by atoms with E-state index >= 15 is 0 Å². The summed E-state index contributed by atoms with van der Waals surface area (Å²) in [6.07, 6.45) is 2.26. The lowest BCUT2D eigenvalue weighted by Gasteiger charge is -2.20. The first-order valence-corrected chi connectivity index (χ1v) is 7.71. The Morgan fingerprint density at radius 1 is 1.18 bits per heavy atom. The maximum absolute atomic E-state index is 9.35. The van der Waals surface area contributed by atoms with Gasteiger partial charge in [0.15, 0.2) is 0 Å². The van der Waals surface area contributed by atoms with Crippen LogP contribution in [0.1, 0.15) is 9.16 Å². The zero-order chi connectivity index (χ0) is 16.5. The van der Waals surface area contributed by atoms with Crippen LogP contribution in [0.25, 0.3) is 16.8 Å². The van der Waals surface area contributed by atoms with Crippen molar-refractivity contribution in [3.05, 3.63) is 36.5 Å². The molecule has 0 spiro atoms. The lowest BCUT2D eigenvalue weighted by atomic mass is 10.2. The van der Waals surface area contributed by atoms with Gasteiger partial charge in [0.1, 0.15) is 5.82 Å². The summed E-state index contributed by atoms with van der Waals surface area (Å²) in [4.78, 5) is 11.5. The summed E-state index contributed by atoms with van der Waals surface area (Å²) < 4.78 is 16.6. The SMILES string of the molecule is [2H]C([2H])(O)CC1C2CN(c3ccn4c(n3)nc3ccccc34)CC21. The van der Waals surface area contributed by atoms with Crippen molar-refractivity contribution in [1.82, 2.24) is 14.4 Å². The van der Waals surface area contributed by atoms with E-state index in [9.17, 15) is 5.11 Å². The lowest BCUT2D eigenvalue weighted by molar-refractivity contribution is 0.273. The molecular weight excluding hydrogens is 276 g/mol. The molecule has 0 bridgehead atoms. The van der Waals surface area contributed by atoms with Crippen molar-refractivity contribution >= 4 is 22.6 Å². The minimum atomic E-state index is -2.05. The molecule has 2 fully saturated rings. The Morgan fingerprint density at radius 3 is 2.82 bits per heavy atom.